The van der Waals surface area contributed by atoms with Crippen molar-refractivity contribution >= 4 is 11.7 Å². The smallest absolute Gasteiger partial charge is 0.242 e. The Hall–Kier alpha value is -1.52. The predicted octanol–water partition coefficient (Wildman–Crippen LogP) is 0.914. The van der Waals surface area contributed by atoms with E-state index in [4.69, 9.17) is 5.73 Å². The maximum atomic E-state index is 11.8. The molecule has 0 radical (unpaired) electrons. The van der Waals surface area contributed by atoms with Crippen LogP contribution in [-0.2, 0) is 11.3 Å². The van der Waals surface area contributed by atoms with Crippen LogP contribution in [-0.4, -0.2) is 21.2 Å². The van der Waals surface area contributed by atoms with Crippen molar-refractivity contribution in [2.45, 2.75) is 44.7 Å². The summed E-state index contributed by atoms with van der Waals surface area (Å²) in [5.41, 5.74) is 5.46. The van der Waals surface area contributed by atoms with Crippen LogP contribution in [0.2, 0.25) is 0 Å². The van der Waals surface area contributed by atoms with Gasteiger partial charge in [-0.1, -0.05) is 12.8 Å². The Labute approximate surface area is 95.0 Å². The molecular weight excluding hydrogens is 204 g/mol. The molecule has 3 N–H and O–H groups in total. The van der Waals surface area contributed by atoms with Crippen molar-refractivity contribution in [3.63, 3.8) is 0 Å². The van der Waals surface area contributed by atoms with E-state index in [2.05, 4.69) is 17.3 Å². The van der Waals surface area contributed by atoms with Crippen LogP contribution < -0.4 is 11.1 Å². The zero-order valence-corrected chi connectivity index (χ0v) is 9.57. The highest BCUT2D eigenvalue weighted by atomic mass is 16.2. The maximum absolute atomic E-state index is 11.8. The van der Waals surface area contributed by atoms with Crippen LogP contribution in [0.5, 0.6) is 0 Å². The number of hydrogen-bond acceptors (Lipinski definition) is 3. The number of anilines is 1. The number of carbonyl (C=O) groups is 1. The first kappa shape index (κ1) is 11.0. The summed E-state index contributed by atoms with van der Waals surface area (Å²) in [4.78, 5) is 11.8. The number of amides is 1. The predicted molar refractivity (Wildman–Crippen MR) is 61.7 cm³/mol. The van der Waals surface area contributed by atoms with E-state index in [9.17, 15) is 4.79 Å². The fourth-order valence-corrected chi connectivity index (χ4v) is 2.27. The van der Waals surface area contributed by atoms with Crippen molar-refractivity contribution in [3.05, 3.63) is 12.3 Å². The fourth-order valence-electron chi connectivity index (χ4n) is 2.27. The maximum Gasteiger partial charge on any atom is 0.242 e. The summed E-state index contributed by atoms with van der Waals surface area (Å²) >= 11 is 0. The van der Waals surface area contributed by atoms with Gasteiger partial charge in [-0.2, -0.15) is 5.10 Å². The minimum Gasteiger partial charge on any atom is -0.382 e. The summed E-state index contributed by atoms with van der Waals surface area (Å²) in [5, 5.41) is 7.05. The van der Waals surface area contributed by atoms with Crippen LogP contribution in [0.1, 0.15) is 32.6 Å². The number of nitrogens with one attached hydrogen (secondary N) is 1. The molecule has 0 saturated heterocycles. The van der Waals surface area contributed by atoms with E-state index >= 15 is 0 Å². The van der Waals surface area contributed by atoms with Gasteiger partial charge >= 0.3 is 0 Å². The molecule has 1 saturated carbocycles. The second kappa shape index (κ2) is 4.15. The summed E-state index contributed by atoms with van der Waals surface area (Å²) in [7, 11) is 0. The highest BCUT2D eigenvalue weighted by Gasteiger charge is 2.29. The van der Waals surface area contributed by atoms with Gasteiger partial charge in [-0.25, -0.2) is 0 Å². The molecule has 5 heteroatoms. The molecule has 1 amide bonds. The lowest BCUT2D eigenvalue weighted by atomic mass is 10.0. The Morgan fingerprint density at radius 2 is 2.31 bits per heavy atom. The summed E-state index contributed by atoms with van der Waals surface area (Å²) < 4.78 is 1.56. The number of carbonyl (C=O) groups excluding carboxylic acids is 1. The molecule has 1 aliphatic carbocycles. The Balaban J connectivity index is 1.89. The molecule has 5 nitrogen and oxygen atoms in total. The second-order valence-corrected chi connectivity index (χ2v) is 4.75. The Morgan fingerprint density at radius 1 is 1.62 bits per heavy atom. The number of nitrogen functional groups attached to an aromatic ring is 1. The molecular formula is C11H18N4O. The van der Waals surface area contributed by atoms with Gasteiger partial charge in [0.25, 0.3) is 0 Å². The first-order valence-corrected chi connectivity index (χ1v) is 5.67. The molecule has 0 unspecified atom stereocenters. The van der Waals surface area contributed by atoms with Gasteiger partial charge in [-0.15, -0.1) is 0 Å². The van der Waals surface area contributed by atoms with E-state index in [0.29, 0.717) is 5.82 Å². The number of nitrogens with zero attached hydrogens (tertiary/aromatic N) is 2. The molecule has 1 aliphatic rings. The van der Waals surface area contributed by atoms with Crippen molar-refractivity contribution in [3.8, 4) is 0 Å². The van der Waals surface area contributed by atoms with Gasteiger partial charge in [0.15, 0.2) is 0 Å². The minimum absolute atomic E-state index is 0.00694. The molecule has 88 valence electrons. The molecule has 0 aromatic carbocycles. The zero-order valence-electron chi connectivity index (χ0n) is 9.57. The van der Waals surface area contributed by atoms with E-state index in [1.165, 1.54) is 12.8 Å². The molecule has 0 atom stereocenters. The lowest BCUT2D eigenvalue weighted by Crippen LogP contribution is -2.45. The van der Waals surface area contributed by atoms with Gasteiger partial charge < -0.3 is 11.1 Å². The Morgan fingerprint density at radius 3 is 2.88 bits per heavy atom. The molecule has 16 heavy (non-hydrogen) atoms. The molecule has 1 heterocycles. The highest BCUT2D eigenvalue weighted by molar-refractivity contribution is 5.76. The molecule has 0 bridgehead atoms. The quantitative estimate of drug-likeness (QED) is 0.798. The van der Waals surface area contributed by atoms with E-state index in [1.54, 1.807) is 16.9 Å². The minimum atomic E-state index is -0.0181. The van der Waals surface area contributed by atoms with Crippen molar-refractivity contribution in [2.24, 2.45) is 0 Å². The van der Waals surface area contributed by atoms with E-state index in [-0.39, 0.29) is 18.0 Å². The van der Waals surface area contributed by atoms with E-state index in [0.717, 1.165) is 12.8 Å². The molecule has 1 aromatic rings. The van der Waals surface area contributed by atoms with Crippen LogP contribution >= 0.6 is 0 Å². The van der Waals surface area contributed by atoms with E-state index < -0.39 is 0 Å². The average molecular weight is 222 g/mol. The highest BCUT2D eigenvalue weighted by Crippen LogP contribution is 2.28. The molecule has 1 fully saturated rings. The van der Waals surface area contributed by atoms with Gasteiger partial charge in [-0.3, -0.25) is 9.48 Å². The van der Waals surface area contributed by atoms with Gasteiger partial charge in [-0.05, 0) is 25.8 Å². The molecule has 2 rings (SSSR count). The Kier molecular flexibility index (Phi) is 2.85. The number of rotatable bonds is 3. The number of hydrogen-bond donors (Lipinski definition) is 2. The molecule has 1 aromatic heterocycles. The van der Waals surface area contributed by atoms with Crippen LogP contribution in [0, 0.1) is 0 Å². The molecule has 0 spiro atoms. The zero-order chi connectivity index (χ0) is 11.6. The lowest BCUT2D eigenvalue weighted by Gasteiger charge is -2.25. The number of nitrogens with two attached hydrogens (primary N) is 1. The summed E-state index contributed by atoms with van der Waals surface area (Å²) in [6.45, 7) is 2.35. The lowest BCUT2D eigenvalue weighted by molar-refractivity contribution is -0.123. The first-order valence-electron chi connectivity index (χ1n) is 5.67. The van der Waals surface area contributed by atoms with Crippen LogP contribution in [0.15, 0.2) is 12.3 Å². The second-order valence-electron chi connectivity index (χ2n) is 4.75. The van der Waals surface area contributed by atoms with Crippen LogP contribution in [0.3, 0.4) is 0 Å². The Bertz CT molecular complexity index is 379. The van der Waals surface area contributed by atoms with Gasteiger partial charge in [0.05, 0.1) is 0 Å². The van der Waals surface area contributed by atoms with Gasteiger partial charge in [0.1, 0.15) is 12.4 Å². The third kappa shape index (κ3) is 2.53. The van der Waals surface area contributed by atoms with Crippen molar-refractivity contribution in [2.75, 3.05) is 5.73 Å². The van der Waals surface area contributed by atoms with Gasteiger partial charge in [0.2, 0.25) is 5.91 Å². The fraction of sp³-hybridized carbons (Fsp3) is 0.636. The monoisotopic (exact) mass is 222 g/mol. The SMILES string of the molecule is CC1(NC(=O)Cn2ccc(N)n2)CCCC1. The molecule has 0 aliphatic heterocycles. The third-order valence-corrected chi connectivity index (χ3v) is 3.12. The van der Waals surface area contributed by atoms with Crippen molar-refractivity contribution in [1.82, 2.24) is 15.1 Å². The first-order chi connectivity index (χ1) is 7.57. The van der Waals surface area contributed by atoms with Crippen molar-refractivity contribution < 1.29 is 4.79 Å². The number of aromatic nitrogens is 2. The largest absolute Gasteiger partial charge is 0.382 e. The summed E-state index contributed by atoms with van der Waals surface area (Å²) in [6, 6.07) is 1.69. The third-order valence-electron chi connectivity index (χ3n) is 3.12. The van der Waals surface area contributed by atoms with Gasteiger partial charge in [0, 0.05) is 11.7 Å². The average Bonchev–Trinajstić information content (AvgIpc) is 2.75. The summed E-state index contributed by atoms with van der Waals surface area (Å²) in [6.07, 6.45) is 6.25. The normalized spacial score (nSPS) is 18.6. The topological polar surface area (TPSA) is 72.9 Å². The van der Waals surface area contributed by atoms with E-state index in [1.807, 2.05) is 0 Å². The van der Waals surface area contributed by atoms with Crippen LogP contribution in [0.25, 0.3) is 0 Å². The van der Waals surface area contributed by atoms with Crippen LogP contribution in [0.4, 0.5) is 5.82 Å². The standard InChI is InChI=1S/C11H18N4O/c1-11(5-2-3-6-11)13-10(16)8-15-7-4-9(12)14-15/h4,7H,2-3,5-6,8H2,1H3,(H2,12,14)(H,13,16). The summed E-state index contributed by atoms with van der Waals surface area (Å²) in [5.74, 6) is 0.451. The van der Waals surface area contributed by atoms with Crippen molar-refractivity contribution in [1.29, 1.82) is 0 Å².